The van der Waals surface area contributed by atoms with E-state index in [1.165, 1.54) is 11.3 Å². The molecule has 10 nitrogen and oxygen atoms in total. The van der Waals surface area contributed by atoms with Crippen molar-refractivity contribution < 1.29 is 12.8 Å². The van der Waals surface area contributed by atoms with Gasteiger partial charge in [0.1, 0.15) is 17.3 Å². The number of hydrogen-bond acceptors (Lipinski definition) is 6. The smallest absolute Gasteiger partial charge is 0.318 e. The highest BCUT2D eigenvalue weighted by Crippen LogP contribution is 2.28. The minimum Gasteiger partial charge on any atom is -0.459 e. The molecule has 2 heterocycles. The molecule has 8 N–H and O–H groups in total. The summed E-state index contributed by atoms with van der Waals surface area (Å²) >= 11 is 1.24. The number of thiazole rings is 1. The summed E-state index contributed by atoms with van der Waals surface area (Å²) in [7, 11) is -4.02. The number of nitrogens with zero attached hydrogens (tertiary/aromatic N) is 3. The molecular weight excluding hydrogens is 366 g/mol. The van der Waals surface area contributed by atoms with Crippen LogP contribution in [0.4, 0.5) is 5.13 Å². The number of hydrogen-bond donors (Lipinski definition) is 4. The topological polar surface area (TPSA) is 189 Å². The van der Waals surface area contributed by atoms with Crippen molar-refractivity contribution in [1.29, 1.82) is 0 Å². The average molecular weight is 380 g/mol. The fourth-order valence-electron chi connectivity index (χ4n) is 1.52. The molecular formula is C10H14ClN7O3S2. The lowest BCUT2D eigenvalue weighted by molar-refractivity contribution is 0.538. The maximum atomic E-state index is 10.8. The molecule has 2 rings (SSSR count). The molecule has 0 saturated carbocycles. The second kappa shape index (κ2) is 7.41. The van der Waals surface area contributed by atoms with Crippen molar-refractivity contribution in [3.8, 4) is 11.5 Å². The van der Waals surface area contributed by atoms with Crippen molar-refractivity contribution in [2.45, 2.75) is 6.42 Å². The van der Waals surface area contributed by atoms with Crippen LogP contribution in [-0.2, 0) is 16.6 Å². The lowest BCUT2D eigenvalue weighted by Crippen LogP contribution is -2.21. The zero-order valence-corrected chi connectivity index (χ0v) is 14.0. The van der Waals surface area contributed by atoms with Crippen LogP contribution in [0, 0.1) is 0 Å². The first-order valence-electron chi connectivity index (χ1n) is 5.74. The molecule has 0 atom stereocenters. The summed E-state index contributed by atoms with van der Waals surface area (Å²) in [5.74, 6) is 0.610. The molecule has 126 valence electrons. The Kier molecular flexibility index (Phi) is 6.09. The molecule has 2 aromatic rings. The monoisotopic (exact) mass is 379 g/mol. The van der Waals surface area contributed by atoms with E-state index in [-0.39, 0.29) is 30.6 Å². The van der Waals surface area contributed by atoms with Gasteiger partial charge in [0.2, 0.25) is 5.13 Å². The number of amidine groups is 1. The molecule has 0 spiro atoms. The SMILES string of the molecule is Cl.NC(N)=Nc1nc(-c2ccc(C/C(N)=N/S(N)(=O)=O)o2)cs1. The number of aromatic nitrogens is 1. The van der Waals surface area contributed by atoms with E-state index < -0.39 is 10.2 Å². The molecule has 0 unspecified atom stereocenters. The van der Waals surface area contributed by atoms with E-state index in [1.807, 2.05) is 0 Å². The molecule has 0 aliphatic rings. The molecule has 0 amide bonds. The third kappa shape index (κ3) is 5.86. The maximum absolute atomic E-state index is 10.8. The Morgan fingerprint density at radius 3 is 2.61 bits per heavy atom. The van der Waals surface area contributed by atoms with E-state index in [4.69, 9.17) is 26.8 Å². The Hall–Kier alpha value is -2.15. The van der Waals surface area contributed by atoms with Crippen LogP contribution in [-0.4, -0.2) is 25.2 Å². The van der Waals surface area contributed by atoms with Crippen molar-refractivity contribution >= 4 is 50.9 Å². The number of guanidine groups is 1. The Bertz CT molecular complexity index is 836. The van der Waals surface area contributed by atoms with Gasteiger partial charge in [-0.2, -0.15) is 13.4 Å². The highest BCUT2D eigenvalue weighted by Gasteiger charge is 2.11. The van der Waals surface area contributed by atoms with Gasteiger partial charge in [-0.25, -0.2) is 10.1 Å². The van der Waals surface area contributed by atoms with E-state index in [2.05, 4.69) is 14.4 Å². The van der Waals surface area contributed by atoms with E-state index >= 15 is 0 Å². The van der Waals surface area contributed by atoms with E-state index in [1.54, 1.807) is 17.5 Å². The third-order valence-electron chi connectivity index (χ3n) is 2.23. The van der Waals surface area contributed by atoms with Crippen molar-refractivity contribution in [3.05, 3.63) is 23.3 Å². The largest absolute Gasteiger partial charge is 0.459 e. The van der Waals surface area contributed by atoms with Gasteiger partial charge in [0.25, 0.3) is 0 Å². The zero-order chi connectivity index (χ0) is 16.3. The molecule has 0 bridgehead atoms. The quantitative estimate of drug-likeness (QED) is 0.409. The van der Waals surface area contributed by atoms with Crippen molar-refractivity contribution in [3.63, 3.8) is 0 Å². The van der Waals surface area contributed by atoms with Gasteiger partial charge in [0, 0.05) is 5.38 Å². The Labute approximate surface area is 141 Å². The number of halogens is 1. The molecule has 0 aliphatic carbocycles. The second-order valence-corrected chi connectivity index (χ2v) is 6.14. The summed E-state index contributed by atoms with van der Waals surface area (Å²) in [6.07, 6.45) is 0.00131. The molecule has 0 fully saturated rings. The first-order chi connectivity index (χ1) is 10.2. The fourth-order valence-corrected chi connectivity index (χ4v) is 2.61. The standard InChI is InChI=1S/C10H13N7O3S2.ClH/c11-8(17-22(14,18)19)3-5-1-2-7(20-5)6-4-21-10(15-6)16-9(12)13;/h1-2,4H,3H2,(H2,11,17)(H2,14,18,19)(H4,12,13,15,16);1H. The molecule has 0 aliphatic heterocycles. The van der Waals surface area contributed by atoms with Crippen LogP contribution in [0.1, 0.15) is 5.76 Å². The lowest BCUT2D eigenvalue weighted by atomic mass is 10.3. The first-order valence-corrected chi connectivity index (χ1v) is 8.12. The van der Waals surface area contributed by atoms with Gasteiger partial charge >= 0.3 is 10.2 Å². The highest BCUT2D eigenvalue weighted by atomic mass is 35.5. The number of furan rings is 1. The lowest BCUT2D eigenvalue weighted by Gasteiger charge is -1.96. The number of aliphatic imine (C=N–C) groups is 1. The van der Waals surface area contributed by atoms with Crippen LogP contribution in [0.5, 0.6) is 0 Å². The van der Waals surface area contributed by atoms with Crippen molar-refractivity contribution in [2.75, 3.05) is 0 Å². The van der Waals surface area contributed by atoms with E-state index in [0.29, 0.717) is 22.3 Å². The molecule has 0 radical (unpaired) electrons. The molecule has 0 saturated heterocycles. The van der Waals surface area contributed by atoms with Crippen LogP contribution in [0.2, 0.25) is 0 Å². The predicted molar refractivity (Wildman–Crippen MR) is 91.0 cm³/mol. The van der Waals surface area contributed by atoms with Crippen LogP contribution < -0.4 is 22.3 Å². The predicted octanol–water partition coefficient (Wildman–Crippen LogP) is -0.167. The highest BCUT2D eigenvalue weighted by molar-refractivity contribution is 7.88. The average Bonchev–Trinajstić information content (AvgIpc) is 2.94. The Balaban J connectivity index is 0.00000264. The molecule has 2 aromatic heterocycles. The van der Waals surface area contributed by atoms with Gasteiger partial charge in [-0.05, 0) is 12.1 Å². The summed E-state index contributed by atoms with van der Waals surface area (Å²) in [5.41, 5.74) is 16.5. The minimum absolute atomic E-state index is 0. The van der Waals surface area contributed by atoms with Crippen LogP contribution in [0.3, 0.4) is 0 Å². The summed E-state index contributed by atoms with van der Waals surface area (Å²) < 4.78 is 30.2. The number of nitrogens with two attached hydrogens (primary N) is 4. The Morgan fingerprint density at radius 2 is 2.00 bits per heavy atom. The van der Waals surface area contributed by atoms with Gasteiger partial charge in [-0.1, -0.05) is 0 Å². The van der Waals surface area contributed by atoms with E-state index in [0.717, 1.165) is 0 Å². The van der Waals surface area contributed by atoms with Gasteiger partial charge < -0.3 is 21.6 Å². The fraction of sp³-hybridized carbons (Fsp3) is 0.100. The normalized spacial score (nSPS) is 11.8. The maximum Gasteiger partial charge on any atom is 0.318 e. The second-order valence-electron chi connectivity index (χ2n) is 4.09. The third-order valence-corrected chi connectivity index (χ3v) is 3.45. The van der Waals surface area contributed by atoms with Gasteiger partial charge in [0.15, 0.2) is 11.7 Å². The van der Waals surface area contributed by atoms with Crippen molar-refractivity contribution in [2.24, 2.45) is 31.7 Å². The first kappa shape index (κ1) is 18.9. The van der Waals surface area contributed by atoms with Crippen LogP contribution >= 0.6 is 23.7 Å². The summed E-state index contributed by atoms with van der Waals surface area (Å²) in [6, 6.07) is 3.29. The van der Waals surface area contributed by atoms with Gasteiger partial charge in [-0.3, -0.25) is 0 Å². The minimum atomic E-state index is -4.02. The molecule has 0 aromatic carbocycles. The number of rotatable bonds is 5. The van der Waals surface area contributed by atoms with Crippen LogP contribution in [0.15, 0.2) is 31.3 Å². The Morgan fingerprint density at radius 1 is 1.30 bits per heavy atom. The summed E-state index contributed by atoms with van der Waals surface area (Å²) in [6.45, 7) is 0. The van der Waals surface area contributed by atoms with Gasteiger partial charge in [0.05, 0.1) is 6.42 Å². The summed E-state index contributed by atoms with van der Waals surface area (Å²) in [4.78, 5) is 7.99. The molecule has 13 heteroatoms. The summed E-state index contributed by atoms with van der Waals surface area (Å²) in [5, 5.41) is 6.87. The molecule has 23 heavy (non-hydrogen) atoms. The van der Waals surface area contributed by atoms with Crippen molar-refractivity contribution in [1.82, 2.24) is 4.98 Å². The van der Waals surface area contributed by atoms with E-state index in [9.17, 15) is 8.42 Å². The van der Waals surface area contributed by atoms with Gasteiger partial charge in [-0.15, -0.1) is 28.1 Å². The van der Waals surface area contributed by atoms with Crippen LogP contribution in [0.25, 0.3) is 11.5 Å². The zero-order valence-electron chi connectivity index (χ0n) is 11.5.